The molecule has 0 radical (unpaired) electrons. The topological polar surface area (TPSA) is 83.1 Å². The summed E-state index contributed by atoms with van der Waals surface area (Å²) in [7, 11) is 0. The van der Waals surface area contributed by atoms with Crippen molar-refractivity contribution in [3.63, 3.8) is 0 Å². The fraction of sp³-hybridized carbons (Fsp3) is 0.235. The summed E-state index contributed by atoms with van der Waals surface area (Å²) in [5.74, 6) is -0.400. The van der Waals surface area contributed by atoms with Crippen LogP contribution in [0, 0.1) is 0 Å². The monoisotopic (exact) mass is 310 g/mol. The van der Waals surface area contributed by atoms with E-state index in [0.717, 1.165) is 5.69 Å². The van der Waals surface area contributed by atoms with E-state index in [9.17, 15) is 9.59 Å². The van der Waals surface area contributed by atoms with E-state index in [4.69, 9.17) is 0 Å². The summed E-state index contributed by atoms with van der Waals surface area (Å²) in [6.07, 6.45) is 3.97. The molecule has 3 N–H and O–H groups in total. The minimum atomic E-state index is -0.267. The highest BCUT2D eigenvalue weighted by atomic mass is 16.2. The number of nitrogens with zero attached hydrogens (tertiary/aromatic N) is 1. The molecule has 0 atom stereocenters. The third-order valence-electron chi connectivity index (χ3n) is 3.40. The Morgan fingerprint density at radius 1 is 1.00 bits per heavy atom. The van der Waals surface area contributed by atoms with Gasteiger partial charge >= 0.3 is 0 Å². The number of anilines is 3. The second-order valence-corrected chi connectivity index (χ2v) is 5.56. The molecule has 1 aromatic carbocycles. The normalized spacial score (nSPS) is 13.3. The van der Waals surface area contributed by atoms with Gasteiger partial charge in [0.2, 0.25) is 5.91 Å². The number of carbonyl (C=O) groups excluding carboxylic acids is 2. The van der Waals surface area contributed by atoms with Crippen LogP contribution in [0.5, 0.6) is 0 Å². The van der Waals surface area contributed by atoms with E-state index < -0.39 is 0 Å². The lowest BCUT2D eigenvalue weighted by Crippen LogP contribution is -2.14. The summed E-state index contributed by atoms with van der Waals surface area (Å²) in [4.78, 5) is 27.3. The van der Waals surface area contributed by atoms with E-state index in [0.29, 0.717) is 23.1 Å². The first-order chi connectivity index (χ1) is 11.1. The third kappa shape index (κ3) is 4.29. The highest BCUT2D eigenvalue weighted by molar-refractivity contribution is 6.03. The van der Waals surface area contributed by atoms with E-state index in [1.807, 2.05) is 6.07 Å². The van der Waals surface area contributed by atoms with Gasteiger partial charge in [0.25, 0.3) is 5.91 Å². The Hall–Kier alpha value is -2.89. The molecule has 6 heteroatoms. The first-order valence-electron chi connectivity index (χ1n) is 7.52. The molecule has 0 bridgehead atoms. The maximum atomic E-state index is 12.3. The van der Waals surface area contributed by atoms with Crippen molar-refractivity contribution < 1.29 is 9.59 Å². The maximum absolute atomic E-state index is 12.3. The Morgan fingerprint density at radius 2 is 1.65 bits per heavy atom. The molecule has 2 amide bonds. The highest BCUT2D eigenvalue weighted by Crippen LogP contribution is 2.24. The predicted octanol–water partition coefficient (Wildman–Crippen LogP) is 2.87. The molecule has 1 aromatic heterocycles. The van der Waals surface area contributed by atoms with Crippen LogP contribution >= 0.6 is 0 Å². The number of aromatic nitrogens is 1. The molecule has 2 aromatic rings. The van der Waals surface area contributed by atoms with Crippen LogP contribution in [0.15, 0.2) is 42.6 Å². The molecule has 1 saturated carbocycles. The average Bonchev–Trinajstić information content (AvgIpc) is 3.33. The first-order valence-corrected chi connectivity index (χ1v) is 7.52. The molecule has 1 heterocycles. The summed E-state index contributed by atoms with van der Waals surface area (Å²) in [5, 5.41) is 8.81. The van der Waals surface area contributed by atoms with Crippen LogP contribution in [-0.2, 0) is 4.79 Å². The third-order valence-corrected chi connectivity index (χ3v) is 3.40. The van der Waals surface area contributed by atoms with E-state index in [2.05, 4.69) is 20.9 Å². The average molecular weight is 310 g/mol. The summed E-state index contributed by atoms with van der Waals surface area (Å²) in [6.45, 7) is 1.45. The van der Waals surface area contributed by atoms with Crippen LogP contribution in [-0.4, -0.2) is 22.8 Å². The molecule has 3 rings (SSSR count). The van der Waals surface area contributed by atoms with Crippen molar-refractivity contribution in [1.82, 2.24) is 4.98 Å². The molecule has 0 spiro atoms. The van der Waals surface area contributed by atoms with Crippen LogP contribution in [0.2, 0.25) is 0 Å². The molecule has 1 aliphatic carbocycles. The van der Waals surface area contributed by atoms with Crippen LogP contribution in [0.4, 0.5) is 17.1 Å². The summed E-state index contributed by atoms with van der Waals surface area (Å²) in [6, 6.07) is 11.1. The summed E-state index contributed by atoms with van der Waals surface area (Å²) in [5.41, 5.74) is 2.60. The van der Waals surface area contributed by atoms with Gasteiger partial charge in [-0.15, -0.1) is 0 Å². The number of carbonyl (C=O) groups is 2. The molecular weight excluding hydrogens is 292 g/mol. The Morgan fingerprint density at radius 3 is 2.26 bits per heavy atom. The minimum Gasteiger partial charge on any atom is -0.382 e. The molecule has 23 heavy (non-hydrogen) atoms. The lowest BCUT2D eigenvalue weighted by molar-refractivity contribution is -0.114. The van der Waals surface area contributed by atoms with Crippen molar-refractivity contribution in [3.05, 3.63) is 48.3 Å². The number of pyridine rings is 1. The van der Waals surface area contributed by atoms with Crippen molar-refractivity contribution in [2.24, 2.45) is 0 Å². The zero-order chi connectivity index (χ0) is 16.2. The lowest BCUT2D eigenvalue weighted by Gasteiger charge is -2.08. The van der Waals surface area contributed by atoms with Crippen molar-refractivity contribution in [2.75, 3.05) is 16.0 Å². The fourth-order valence-corrected chi connectivity index (χ4v) is 2.14. The zero-order valence-corrected chi connectivity index (χ0v) is 12.8. The minimum absolute atomic E-state index is 0.133. The van der Waals surface area contributed by atoms with Crippen molar-refractivity contribution in [1.29, 1.82) is 0 Å². The Labute approximate surface area is 134 Å². The number of rotatable bonds is 5. The molecule has 0 aliphatic heterocycles. The van der Waals surface area contributed by atoms with Gasteiger partial charge < -0.3 is 16.0 Å². The largest absolute Gasteiger partial charge is 0.382 e. The Balaban J connectivity index is 1.65. The summed E-state index contributed by atoms with van der Waals surface area (Å²) >= 11 is 0. The number of hydrogen-bond donors (Lipinski definition) is 3. The van der Waals surface area contributed by atoms with Gasteiger partial charge in [0.1, 0.15) is 5.69 Å². The van der Waals surface area contributed by atoms with Gasteiger partial charge in [0, 0.05) is 36.2 Å². The SMILES string of the molecule is CC(=O)Nc1ccc(NC(=O)c2cc(NC3CC3)ccn2)cc1. The quantitative estimate of drug-likeness (QED) is 0.793. The fourth-order valence-electron chi connectivity index (χ4n) is 2.14. The van der Waals surface area contributed by atoms with E-state index in [1.165, 1.54) is 19.8 Å². The number of benzene rings is 1. The van der Waals surface area contributed by atoms with Gasteiger partial charge in [-0.25, -0.2) is 0 Å². The second-order valence-electron chi connectivity index (χ2n) is 5.56. The van der Waals surface area contributed by atoms with Gasteiger partial charge in [-0.2, -0.15) is 0 Å². The van der Waals surface area contributed by atoms with Crippen molar-refractivity contribution in [2.45, 2.75) is 25.8 Å². The van der Waals surface area contributed by atoms with E-state index in [1.54, 1.807) is 36.5 Å². The second kappa shape index (κ2) is 6.48. The number of amides is 2. The standard InChI is InChI=1S/C17H18N4O2/c1-11(22)19-12-2-6-14(7-3-12)21-17(23)16-10-15(8-9-18-16)20-13-4-5-13/h2-3,6-10,13H,4-5H2,1H3,(H,18,20)(H,19,22)(H,21,23). The predicted molar refractivity (Wildman–Crippen MR) is 89.6 cm³/mol. The molecule has 118 valence electrons. The maximum Gasteiger partial charge on any atom is 0.274 e. The summed E-state index contributed by atoms with van der Waals surface area (Å²) < 4.78 is 0. The van der Waals surface area contributed by atoms with Crippen LogP contribution < -0.4 is 16.0 Å². The number of hydrogen-bond acceptors (Lipinski definition) is 4. The molecule has 0 saturated heterocycles. The molecule has 1 aliphatic rings. The molecule has 0 unspecified atom stereocenters. The van der Waals surface area contributed by atoms with Gasteiger partial charge in [0.05, 0.1) is 0 Å². The Bertz CT molecular complexity index is 724. The molecular formula is C17H18N4O2. The first kappa shape index (κ1) is 15.0. The van der Waals surface area contributed by atoms with Crippen LogP contribution in [0.25, 0.3) is 0 Å². The van der Waals surface area contributed by atoms with Gasteiger partial charge in [-0.1, -0.05) is 0 Å². The van der Waals surface area contributed by atoms with Crippen molar-refractivity contribution in [3.8, 4) is 0 Å². The van der Waals surface area contributed by atoms with Gasteiger partial charge in [-0.05, 0) is 49.2 Å². The molecule has 6 nitrogen and oxygen atoms in total. The van der Waals surface area contributed by atoms with E-state index in [-0.39, 0.29) is 11.8 Å². The Kier molecular flexibility index (Phi) is 4.23. The van der Waals surface area contributed by atoms with Gasteiger partial charge in [-0.3, -0.25) is 14.6 Å². The van der Waals surface area contributed by atoms with Gasteiger partial charge in [0.15, 0.2) is 0 Å². The smallest absolute Gasteiger partial charge is 0.274 e. The number of nitrogens with one attached hydrogen (secondary N) is 3. The van der Waals surface area contributed by atoms with Crippen molar-refractivity contribution >= 4 is 28.9 Å². The molecule has 1 fully saturated rings. The van der Waals surface area contributed by atoms with Crippen LogP contribution in [0.1, 0.15) is 30.3 Å². The van der Waals surface area contributed by atoms with E-state index >= 15 is 0 Å². The highest BCUT2D eigenvalue weighted by Gasteiger charge is 2.21. The zero-order valence-electron chi connectivity index (χ0n) is 12.8. The van der Waals surface area contributed by atoms with Crippen LogP contribution in [0.3, 0.4) is 0 Å². The lowest BCUT2D eigenvalue weighted by atomic mass is 10.2.